The Kier molecular flexibility index (Phi) is 5.75. The van der Waals surface area contributed by atoms with E-state index in [1.807, 2.05) is 13.8 Å². The summed E-state index contributed by atoms with van der Waals surface area (Å²) in [5.74, 6) is -0.563. The number of likely N-dealkylation sites (tertiary alicyclic amines) is 1. The van der Waals surface area contributed by atoms with E-state index in [1.165, 1.54) is 10.8 Å². The zero-order chi connectivity index (χ0) is 23.3. The minimum Gasteiger partial charge on any atom is -0.408 e. The Morgan fingerprint density at radius 3 is 2.50 bits per heavy atom. The summed E-state index contributed by atoms with van der Waals surface area (Å²) < 4.78 is 33.0. The highest BCUT2D eigenvalue weighted by Gasteiger charge is 2.47. The fourth-order valence-electron chi connectivity index (χ4n) is 5.07. The van der Waals surface area contributed by atoms with Crippen molar-refractivity contribution in [3.63, 3.8) is 0 Å². The van der Waals surface area contributed by atoms with E-state index in [-0.39, 0.29) is 23.4 Å². The number of nitrogens with zero attached hydrogens (tertiary/aromatic N) is 3. The number of aromatic nitrogens is 1. The molecule has 32 heavy (non-hydrogen) atoms. The van der Waals surface area contributed by atoms with Crippen LogP contribution in [-0.4, -0.2) is 66.1 Å². The lowest BCUT2D eigenvalue weighted by Gasteiger charge is -2.52. The number of hydrogen-bond donors (Lipinski definition) is 1. The van der Waals surface area contributed by atoms with Crippen LogP contribution in [0.5, 0.6) is 0 Å². The van der Waals surface area contributed by atoms with E-state index in [9.17, 15) is 18.0 Å². The van der Waals surface area contributed by atoms with E-state index in [1.54, 1.807) is 29.6 Å². The van der Waals surface area contributed by atoms with Crippen molar-refractivity contribution in [2.75, 3.05) is 37.8 Å². The molecule has 0 aliphatic carbocycles. The average Bonchev–Trinajstić information content (AvgIpc) is 2.98. The number of fused-ring (bicyclic) bond motifs is 1. The molecular weight excluding hydrogens is 432 g/mol. The highest BCUT2D eigenvalue weighted by molar-refractivity contribution is 7.88. The van der Waals surface area contributed by atoms with Crippen molar-refractivity contribution in [2.45, 2.75) is 45.1 Å². The van der Waals surface area contributed by atoms with Crippen molar-refractivity contribution in [3.05, 3.63) is 28.7 Å². The molecule has 2 fully saturated rings. The molecule has 1 amide bonds. The van der Waals surface area contributed by atoms with Crippen LogP contribution in [0.2, 0.25) is 0 Å². The molecule has 2 aliphatic heterocycles. The molecule has 2 aliphatic rings. The number of sulfonamides is 1. The highest BCUT2D eigenvalue weighted by Crippen LogP contribution is 2.45. The van der Waals surface area contributed by atoms with Crippen LogP contribution in [0, 0.1) is 5.41 Å². The minimum atomic E-state index is -3.27. The van der Waals surface area contributed by atoms with Gasteiger partial charge in [0.1, 0.15) is 0 Å². The van der Waals surface area contributed by atoms with Crippen molar-refractivity contribution >= 4 is 32.7 Å². The predicted octanol–water partition coefficient (Wildman–Crippen LogP) is 1.99. The zero-order valence-corrected chi connectivity index (χ0v) is 20.0. The maximum absolute atomic E-state index is 12.6. The van der Waals surface area contributed by atoms with Gasteiger partial charge < -0.3 is 9.73 Å². The van der Waals surface area contributed by atoms with Gasteiger partial charge in [-0.25, -0.2) is 13.2 Å². The van der Waals surface area contributed by atoms with Gasteiger partial charge in [0.25, 0.3) is 0 Å². The third kappa shape index (κ3) is 4.49. The first kappa shape index (κ1) is 23.0. The van der Waals surface area contributed by atoms with Gasteiger partial charge in [0, 0.05) is 30.9 Å². The lowest BCUT2D eigenvalue weighted by Crippen LogP contribution is -2.58. The van der Waals surface area contributed by atoms with E-state index in [2.05, 4.69) is 10.2 Å². The number of oxazole rings is 1. The number of rotatable bonds is 4. The Bertz CT molecular complexity index is 1190. The number of amides is 1. The van der Waals surface area contributed by atoms with E-state index in [0.29, 0.717) is 23.3 Å². The van der Waals surface area contributed by atoms with Gasteiger partial charge in [-0.05, 0) is 70.2 Å². The Morgan fingerprint density at radius 2 is 1.84 bits per heavy atom. The third-order valence-electron chi connectivity index (χ3n) is 7.18. The van der Waals surface area contributed by atoms with E-state index < -0.39 is 15.8 Å². The van der Waals surface area contributed by atoms with E-state index in [4.69, 9.17) is 4.42 Å². The Balaban J connectivity index is 1.35. The van der Waals surface area contributed by atoms with Gasteiger partial charge in [-0.3, -0.25) is 14.3 Å². The van der Waals surface area contributed by atoms with Gasteiger partial charge in [0.2, 0.25) is 15.9 Å². The maximum atomic E-state index is 12.6. The number of hydrogen-bond acceptors (Lipinski definition) is 6. The Labute approximate surface area is 188 Å². The molecule has 0 atom stereocenters. The number of aryl methyl sites for hydroxylation is 1. The number of carbonyl (C=O) groups is 1. The SMILES string of the molecule is Cn1c(=O)oc2cc(NC(=O)CN3CCC4(CC3)CCC(C)(C)N(S(C)(=O)=O)C4)ccc21. The molecule has 9 nitrogen and oxygen atoms in total. The van der Waals surface area contributed by atoms with Crippen LogP contribution in [0.3, 0.4) is 0 Å². The Morgan fingerprint density at radius 1 is 1.16 bits per heavy atom. The normalized spacial score (nSPS) is 21.8. The summed E-state index contributed by atoms with van der Waals surface area (Å²) >= 11 is 0. The molecular formula is C22H32N4O5S. The van der Waals surface area contributed by atoms with Crippen LogP contribution in [0.4, 0.5) is 5.69 Å². The topological polar surface area (TPSA) is 105 Å². The van der Waals surface area contributed by atoms with Crippen molar-refractivity contribution in [2.24, 2.45) is 12.5 Å². The first-order valence-corrected chi connectivity index (χ1v) is 12.8. The van der Waals surface area contributed by atoms with Crippen LogP contribution < -0.4 is 11.1 Å². The number of carbonyl (C=O) groups excluding carboxylic acids is 1. The van der Waals surface area contributed by atoms with Crippen molar-refractivity contribution in [1.82, 2.24) is 13.8 Å². The van der Waals surface area contributed by atoms with Crippen molar-refractivity contribution < 1.29 is 17.6 Å². The monoisotopic (exact) mass is 464 g/mol. The largest absolute Gasteiger partial charge is 0.419 e. The Hall–Kier alpha value is -2.17. The molecule has 2 aromatic rings. The van der Waals surface area contributed by atoms with Gasteiger partial charge in [0.05, 0.1) is 18.3 Å². The first-order valence-electron chi connectivity index (χ1n) is 11.0. The summed E-state index contributed by atoms with van der Waals surface area (Å²) in [6.45, 7) is 6.35. The number of anilines is 1. The second-order valence-corrected chi connectivity index (χ2v) is 11.9. The zero-order valence-electron chi connectivity index (χ0n) is 19.2. The molecule has 1 N–H and O–H groups in total. The molecule has 1 spiro atoms. The van der Waals surface area contributed by atoms with Crippen molar-refractivity contribution in [3.8, 4) is 0 Å². The van der Waals surface area contributed by atoms with Gasteiger partial charge in [-0.2, -0.15) is 4.31 Å². The molecule has 0 bridgehead atoms. The molecule has 0 radical (unpaired) electrons. The van der Waals surface area contributed by atoms with Crippen LogP contribution in [0.15, 0.2) is 27.4 Å². The molecule has 4 rings (SSSR count). The van der Waals surface area contributed by atoms with E-state index in [0.717, 1.165) is 38.8 Å². The second kappa shape index (κ2) is 8.00. The van der Waals surface area contributed by atoms with Crippen LogP contribution in [0.25, 0.3) is 11.1 Å². The summed E-state index contributed by atoms with van der Waals surface area (Å²) in [5.41, 5.74) is 1.33. The standard InChI is InChI=1S/C22H32N4O5S/c1-21(2)7-8-22(15-26(21)32(4,29)30)9-11-25(12-10-22)14-19(27)23-16-5-6-17-18(13-16)31-20(28)24(17)3/h5-6,13H,7-12,14-15H2,1-4H3,(H,23,27). The summed E-state index contributed by atoms with van der Waals surface area (Å²) in [5, 5.41) is 2.88. The highest BCUT2D eigenvalue weighted by atomic mass is 32.2. The van der Waals surface area contributed by atoms with Crippen LogP contribution in [-0.2, 0) is 21.9 Å². The number of nitrogens with one attached hydrogen (secondary N) is 1. The van der Waals surface area contributed by atoms with Crippen LogP contribution in [0.1, 0.15) is 39.5 Å². The number of piperidine rings is 2. The molecule has 2 saturated heterocycles. The predicted molar refractivity (Wildman–Crippen MR) is 123 cm³/mol. The molecule has 10 heteroatoms. The molecule has 176 valence electrons. The van der Waals surface area contributed by atoms with Gasteiger partial charge in [0.15, 0.2) is 5.58 Å². The fraction of sp³-hybridized carbons (Fsp3) is 0.636. The fourth-order valence-corrected chi connectivity index (χ4v) is 6.57. The summed E-state index contributed by atoms with van der Waals surface area (Å²) in [7, 11) is -1.63. The third-order valence-corrected chi connectivity index (χ3v) is 8.61. The smallest absolute Gasteiger partial charge is 0.408 e. The van der Waals surface area contributed by atoms with Gasteiger partial charge in [-0.1, -0.05) is 0 Å². The lowest BCUT2D eigenvalue weighted by molar-refractivity contribution is -0.118. The van der Waals surface area contributed by atoms with Gasteiger partial charge >= 0.3 is 5.76 Å². The molecule has 0 saturated carbocycles. The quantitative estimate of drug-likeness (QED) is 0.742. The molecule has 0 unspecified atom stereocenters. The summed E-state index contributed by atoms with van der Waals surface area (Å²) in [4.78, 5) is 26.3. The average molecular weight is 465 g/mol. The minimum absolute atomic E-state index is 0.0124. The summed E-state index contributed by atoms with van der Waals surface area (Å²) in [6.07, 6.45) is 4.91. The molecule has 1 aromatic heterocycles. The molecule has 1 aromatic carbocycles. The summed E-state index contributed by atoms with van der Waals surface area (Å²) in [6, 6.07) is 5.16. The first-order chi connectivity index (χ1) is 14.9. The van der Waals surface area contributed by atoms with Gasteiger partial charge in [-0.15, -0.1) is 0 Å². The second-order valence-electron chi connectivity index (χ2n) is 10.0. The van der Waals surface area contributed by atoms with Crippen molar-refractivity contribution in [1.29, 1.82) is 0 Å². The number of benzene rings is 1. The van der Waals surface area contributed by atoms with Crippen LogP contribution >= 0.6 is 0 Å². The molecule has 3 heterocycles. The van der Waals surface area contributed by atoms with E-state index >= 15 is 0 Å². The lowest BCUT2D eigenvalue weighted by atomic mass is 9.69. The maximum Gasteiger partial charge on any atom is 0.419 e.